The summed E-state index contributed by atoms with van der Waals surface area (Å²) in [5.41, 5.74) is 3.23. The van der Waals surface area contributed by atoms with E-state index in [9.17, 15) is 9.59 Å². The molecule has 3 aromatic carbocycles. The molecule has 0 saturated heterocycles. The summed E-state index contributed by atoms with van der Waals surface area (Å²) >= 11 is 0. The first-order valence-corrected chi connectivity index (χ1v) is 9.29. The minimum absolute atomic E-state index is 0.152. The van der Waals surface area contributed by atoms with Crippen molar-refractivity contribution in [1.82, 2.24) is 0 Å². The third-order valence-corrected chi connectivity index (χ3v) is 4.62. The van der Waals surface area contributed by atoms with Crippen LogP contribution in [0.5, 0.6) is 0 Å². The van der Waals surface area contributed by atoms with Gasteiger partial charge in [0.1, 0.15) is 17.8 Å². The molecule has 4 aromatic rings. The van der Waals surface area contributed by atoms with Gasteiger partial charge in [0, 0.05) is 22.3 Å². The maximum atomic E-state index is 13.5. The third kappa shape index (κ3) is 3.71. The molecule has 4 rings (SSSR count). The van der Waals surface area contributed by atoms with Gasteiger partial charge in [-0.3, -0.25) is 9.59 Å². The Balaban J connectivity index is 2.02. The standard InChI is InChI=1S/C26H18O3/c27-18-10-17-22-23(24(28)19-11-4-1-5-12-19)26(21-15-8-3-9-16-21)29-25(22)20-13-6-2-7-14-20/h1-18H/b17-10+. The van der Waals surface area contributed by atoms with Crippen LogP contribution in [-0.2, 0) is 4.79 Å². The second-order valence-electron chi connectivity index (χ2n) is 6.47. The van der Waals surface area contributed by atoms with E-state index in [2.05, 4.69) is 0 Å². The molecule has 0 atom stereocenters. The maximum Gasteiger partial charge on any atom is 0.197 e. The number of hydrogen-bond donors (Lipinski definition) is 0. The Morgan fingerprint density at radius 2 is 1.21 bits per heavy atom. The zero-order chi connectivity index (χ0) is 20.1. The van der Waals surface area contributed by atoms with Crippen molar-refractivity contribution in [1.29, 1.82) is 0 Å². The van der Waals surface area contributed by atoms with Gasteiger partial charge in [-0.2, -0.15) is 0 Å². The Bertz CT molecular complexity index is 1150. The quantitative estimate of drug-likeness (QED) is 0.233. The molecule has 3 heteroatoms. The lowest BCUT2D eigenvalue weighted by molar-refractivity contribution is -0.104. The third-order valence-electron chi connectivity index (χ3n) is 4.62. The van der Waals surface area contributed by atoms with Crippen LogP contribution in [-0.4, -0.2) is 12.1 Å². The first-order valence-electron chi connectivity index (χ1n) is 9.29. The number of allylic oxidation sites excluding steroid dienone is 1. The molecule has 29 heavy (non-hydrogen) atoms. The zero-order valence-electron chi connectivity index (χ0n) is 15.6. The van der Waals surface area contributed by atoms with Crippen LogP contribution in [0.3, 0.4) is 0 Å². The average Bonchev–Trinajstić information content (AvgIpc) is 3.18. The van der Waals surface area contributed by atoms with Gasteiger partial charge in [-0.15, -0.1) is 0 Å². The van der Waals surface area contributed by atoms with Gasteiger partial charge >= 0.3 is 0 Å². The summed E-state index contributed by atoms with van der Waals surface area (Å²) in [6.45, 7) is 0. The normalized spacial score (nSPS) is 10.9. The topological polar surface area (TPSA) is 47.3 Å². The Kier molecular flexibility index (Phi) is 5.30. The highest BCUT2D eigenvalue weighted by Crippen LogP contribution is 2.39. The summed E-state index contributed by atoms with van der Waals surface area (Å²) in [4.78, 5) is 24.5. The van der Waals surface area contributed by atoms with E-state index in [4.69, 9.17) is 4.42 Å². The summed E-state index contributed by atoms with van der Waals surface area (Å²) in [6, 6.07) is 28.2. The largest absolute Gasteiger partial charge is 0.455 e. The summed E-state index contributed by atoms with van der Waals surface area (Å²) in [6.07, 6.45) is 3.72. The maximum absolute atomic E-state index is 13.5. The van der Waals surface area contributed by atoms with Crippen LogP contribution in [0, 0.1) is 0 Å². The highest BCUT2D eigenvalue weighted by atomic mass is 16.3. The summed E-state index contributed by atoms with van der Waals surface area (Å²) in [5, 5.41) is 0. The van der Waals surface area contributed by atoms with Crippen LogP contribution in [0.4, 0.5) is 0 Å². The molecule has 0 amide bonds. The second kappa shape index (κ2) is 8.36. The molecule has 0 unspecified atom stereocenters. The number of carbonyl (C=O) groups is 2. The molecule has 0 N–H and O–H groups in total. The SMILES string of the molecule is O=C/C=C/c1c(-c2ccccc2)oc(-c2ccccc2)c1C(=O)c1ccccc1. The van der Waals surface area contributed by atoms with Gasteiger partial charge in [0.15, 0.2) is 5.78 Å². The van der Waals surface area contributed by atoms with Crippen molar-refractivity contribution in [2.75, 3.05) is 0 Å². The van der Waals surface area contributed by atoms with Crippen molar-refractivity contribution >= 4 is 18.1 Å². The van der Waals surface area contributed by atoms with Crippen LogP contribution in [0.15, 0.2) is 101 Å². The van der Waals surface area contributed by atoms with Crippen molar-refractivity contribution in [2.45, 2.75) is 0 Å². The fourth-order valence-electron chi connectivity index (χ4n) is 3.29. The van der Waals surface area contributed by atoms with Crippen molar-refractivity contribution in [3.8, 4) is 22.6 Å². The lowest BCUT2D eigenvalue weighted by Crippen LogP contribution is -2.03. The van der Waals surface area contributed by atoms with Gasteiger partial charge in [0.25, 0.3) is 0 Å². The molecule has 0 radical (unpaired) electrons. The Labute approximate surface area is 168 Å². The molecule has 0 aliphatic heterocycles. The monoisotopic (exact) mass is 378 g/mol. The van der Waals surface area contributed by atoms with Gasteiger partial charge in [0.2, 0.25) is 0 Å². The Hall–Kier alpha value is -3.98. The summed E-state index contributed by atoms with van der Waals surface area (Å²) in [7, 11) is 0. The van der Waals surface area contributed by atoms with Gasteiger partial charge in [-0.05, 0) is 12.2 Å². The van der Waals surface area contributed by atoms with Gasteiger partial charge in [-0.25, -0.2) is 0 Å². The van der Waals surface area contributed by atoms with Crippen molar-refractivity contribution in [3.63, 3.8) is 0 Å². The molecule has 3 nitrogen and oxygen atoms in total. The molecule has 1 aromatic heterocycles. The molecule has 0 bridgehead atoms. The number of hydrogen-bond acceptors (Lipinski definition) is 3. The number of aldehydes is 1. The van der Waals surface area contributed by atoms with Crippen LogP contribution >= 0.6 is 0 Å². The van der Waals surface area contributed by atoms with E-state index in [1.165, 1.54) is 6.08 Å². The van der Waals surface area contributed by atoms with Crippen molar-refractivity contribution < 1.29 is 14.0 Å². The highest BCUT2D eigenvalue weighted by Gasteiger charge is 2.26. The van der Waals surface area contributed by atoms with Gasteiger partial charge < -0.3 is 4.42 Å². The molecule has 0 saturated carbocycles. The van der Waals surface area contributed by atoms with E-state index in [0.29, 0.717) is 34.5 Å². The predicted molar refractivity (Wildman–Crippen MR) is 115 cm³/mol. The van der Waals surface area contributed by atoms with Crippen LogP contribution in [0.2, 0.25) is 0 Å². The molecular formula is C26H18O3. The number of furan rings is 1. The molecule has 0 spiro atoms. The molecule has 0 fully saturated rings. The molecular weight excluding hydrogens is 360 g/mol. The van der Waals surface area contributed by atoms with E-state index < -0.39 is 0 Å². The minimum Gasteiger partial charge on any atom is -0.455 e. The van der Waals surface area contributed by atoms with E-state index in [-0.39, 0.29) is 5.78 Å². The molecule has 1 heterocycles. The first-order chi connectivity index (χ1) is 14.3. The zero-order valence-corrected chi connectivity index (χ0v) is 15.6. The van der Waals surface area contributed by atoms with E-state index >= 15 is 0 Å². The number of ketones is 1. The molecule has 0 aliphatic rings. The van der Waals surface area contributed by atoms with Crippen LogP contribution in [0.1, 0.15) is 21.5 Å². The van der Waals surface area contributed by atoms with E-state index in [0.717, 1.165) is 11.1 Å². The summed E-state index contributed by atoms with van der Waals surface area (Å²) < 4.78 is 6.27. The lowest BCUT2D eigenvalue weighted by Gasteiger charge is -2.04. The van der Waals surface area contributed by atoms with Crippen LogP contribution in [0.25, 0.3) is 28.7 Å². The first kappa shape index (κ1) is 18.4. The molecule has 140 valence electrons. The van der Waals surface area contributed by atoms with Crippen molar-refractivity contribution in [2.24, 2.45) is 0 Å². The summed E-state index contributed by atoms with van der Waals surface area (Å²) in [5.74, 6) is 0.895. The number of benzene rings is 3. The fraction of sp³-hybridized carbons (Fsp3) is 0. The minimum atomic E-state index is -0.152. The second-order valence-corrected chi connectivity index (χ2v) is 6.47. The smallest absolute Gasteiger partial charge is 0.197 e. The molecule has 0 aliphatic carbocycles. The van der Waals surface area contributed by atoms with Gasteiger partial charge in [0.05, 0.1) is 5.56 Å². The average molecular weight is 378 g/mol. The predicted octanol–water partition coefficient (Wildman–Crippen LogP) is 6.06. The van der Waals surface area contributed by atoms with E-state index in [1.54, 1.807) is 18.2 Å². The van der Waals surface area contributed by atoms with Crippen LogP contribution < -0.4 is 0 Å². The van der Waals surface area contributed by atoms with Crippen molar-refractivity contribution in [3.05, 3.63) is 114 Å². The Morgan fingerprint density at radius 3 is 1.76 bits per heavy atom. The highest BCUT2D eigenvalue weighted by molar-refractivity contribution is 6.15. The fourth-order valence-corrected chi connectivity index (χ4v) is 3.29. The Morgan fingerprint density at radius 1 is 0.690 bits per heavy atom. The lowest BCUT2D eigenvalue weighted by atomic mass is 9.94. The number of carbonyl (C=O) groups excluding carboxylic acids is 2. The number of rotatable bonds is 6. The van der Waals surface area contributed by atoms with E-state index in [1.807, 2.05) is 78.9 Å². The van der Waals surface area contributed by atoms with Gasteiger partial charge in [-0.1, -0.05) is 91.0 Å².